The summed E-state index contributed by atoms with van der Waals surface area (Å²) < 4.78 is 0. The molecule has 2 aliphatic rings. The summed E-state index contributed by atoms with van der Waals surface area (Å²) in [4.78, 5) is 0. The lowest BCUT2D eigenvalue weighted by molar-refractivity contribution is 0.475. The Kier molecular flexibility index (Phi) is 3.20. The van der Waals surface area contributed by atoms with E-state index in [0.29, 0.717) is 10.3 Å². The third kappa shape index (κ3) is 2.33. The second-order valence-electron chi connectivity index (χ2n) is 7.95. The van der Waals surface area contributed by atoms with Crippen LogP contribution in [-0.2, 0) is 0 Å². The standard InChI is InChI=1S/C15H29P/c1-14(2,3)16(15(4,5)6)13-10-11-7-8-12(13)9-11/h11-13H,7-10H2,1-6H3. The van der Waals surface area contributed by atoms with E-state index in [1.807, 2.05) is 0 Å². The maximum absolute atomic E-state index is 2.48. The molecule has 0 heterocycles. The molecule has 3 unspecified atom stereocenters. The first-order chi connectivity index (χ1) is 7.19. The summed E-state index contributed by atoms with van der Waals surface area (Å²) >= 11 is 0. The highest BCUT2D eigenvalue weighted by atomic mass is 31.1. The summed E-state index contributed by atoms with van der Waals surface area (Å²) in [7, 11) is 0.141. The highest BCUT2D eigenvalue weighted by molar-refractivity contribution is 7.61. The molecule has 2 fully saturated rings. The highest BCUT2D eigenvalue weighted by Gasteiger charge is 2.49. The van der Waals surface area contributed by atoms with Crippen molar-refractivity contribution in [1.29, 1.82) is 0 Å². The Morgan fingerprint density at radius 3 is 1.69 bits per heavy atom. The largest absolute Gasteiger partial charge is 0.0922 e. The van der Waals surface area contributed by atoms with Crippen molar-refractivity contribution < 1.29 is 0 Å². The van der Waals surface area contributed by atoms with Gasteiger partial charge in [0.15, 0.2) is 0 Å². The van der Waals surface area contributed by atoms with Crippen LogP contribution >= 0.6 is 7.92 Å². The molecule has 0 aromatic carbocycles. The molecule has 1 heteroatoms. The van der Waals surface area contributed by atoms with Gasteiger partial charge in [-0.05, 0) is 47.1 Å². The molecule has 0 amide bonds. The van der Waals surface area contributed by atoms with E-state index in [1.165, 1.54) is 0 Å². The van der Waals surface area contributed by atoms with Gasteiger partial charge in [0.1, 0.15) is 0 Å². The lowest BCUT2D eigenvalue weighted by Crippen LogP contribution is -2.33. The fourth-order valence-corrected chi connectivity index (χ4v) is 9.73. The van der Waals surface area contributed by atoms with Gasteiger partial charge in [0.2, 0.25) is 0 Å². The number of rotatable bonds is 1. The molecule has 0 saturated heterocycles. The zero-order valence-electron chi connectivity index (χ0n) is 12.0. The van der Waals surface area contributed by atoms with Crippen LogP contribution in [0, 0.1) is 11.8 Å². The van der Waals surface area contributed by atoms with Crippen molar-refractivity contribution in [1.82, 2.24) is 0 Å². The lowest BCUT2D eigenvalue weighted by Gasteiger charge is -2.48. The van der Waals surface area contributed by atoms with Gasteiger partial charge < -0.3 is 0 Å². The Balaban J connectivity index is 2.20. The normalized spacial score (nSPS) is 35.1. The second kappa shape index (κ2) is 3.98. The molecule has 16 heavy (non-hydrogen) atoms. The van der Waals surface area contributed by atoms with E-state index >= 15 is 0 Å². The van der Waals surface area contributed by atoms with Crippen molar-refractivity contribution in [2.45, 2.75) is 83.2 Å². The maximum Gasteiger partial charge on any atom is -0.0169 e. The molecule has 2 aliphatic carbocycles. The molecule has 3 atom stereocenters. The van der Waals surface area contributed by atoms with Gasteiger partial charge in [0, 0.05) is 0 Å². The van der Waals surface area contributed by atoms with Crippen LogP contribution in [0.3, 0.4) is 0 Å². The zero-order valence-corrected chi connectivity index (χ0v) is 12.9. The van der Waals surface area contributed by atoms with Crippen molar-refractivity contribution in [3.8, 4) is 0 Å². The molecule has 0 radical (unpaired) electrons. The van der Waals surface area contributed by atoms with Crippen molar-refractivity contribution in [2.24, 2.45) is 11.8 Å². The number of hydrogen-bond donors (Lipinski definition) is 0. The first kappa shape index (κ1) is 12.9. The van der Waals surface area contributed by atoms with Gasteiger partial charge in [0.25, 0.3) is 0 Å². The van der Waals surface area contributed by atoms with Crippen LogP contribution in [0.1, 0.15) is 67.2 Å². The molecule has 94 valence electrons. The Hall–Kier alpha value is 0.430. The molecule has 2 bridgehead atoms. The zero-order chi connectivity index (χ0) is 12.1. The van der Waals surface area contributed by atoms with Crippen LogP contribution in [0.4, 0.5) is 0 Å². The predicted octanol–water partition coefficient (Wildman–Crippen LogP) is 5.25. The Bertz CT molecular complexity index is 242. The van der Waals surface area contributed by atoms with Crippen LogP contribution in [0.15, 0.2) is 0 Å². The van der Waals surface area contributed by atoms with Gasteiger partial charge in [-0.1, -0.05) is 55.9 Å². The van der Waals surface area contributed by atoms with Crippen molar-refractivity contribution in [3.05, 3.63) is 0 Å². The van der Waals surface area contributed by atoms with Crippen molar-refractivity contribution in [2.75, 3.05) is 0 Å². The van der Waals surface area contributed by atoms with Crippen LogP contribution in [0.5, 0.6) is 0 Å². The molecule has 0 aromatic heterocycles. The molecule has 0 aromatic rings. The first-order valence-electron chi connectivity index (χ1n) is 6.99. The number of fused-ring (bicyclic) bond motifs is 2. The predicted molar refractivity (Wildman–Crippen MR) is 75.7 cm³/mol. The van der Waals surface area contributed by atoms with Gasteiger partial charge in [-0.25, -0.2) is 0 Å². The van der Waals surface area contributed by atoms with Crippen LogP contribution in [0.2, 0.25) is 0 Å². The number of hydrogen-bond acceptors (Lipinski definition) is 0. The van der Waals surface area contributed by atoms with E-state index in [2.05, 4.69) is 41.5 Å². The minimum Gasteiger partial charge on any atom is -0.0922 e. The topological polar surface area (TPSA) is 0 Å². The third-order valence-electron chi connectivity index (χ3n) is 4.48. The molecule has 2 saturated carbocycles. The molecule has 0 N–H and O–H groups in total. The summed E-state index contributed by atoms with van der Waals surface area (Å²) in [6.07, 6.45) is 6.21. The minimum atomic E-state index is 0.141. The third-order valence-corrected chi connectivity index (χ3v) is 8.66. The summed E-state index contributed by atoms with van der Waals surface area (Å²) in [5.41, 5.74) is 1.08. The van der Waals surface area contributed by atoms with Gasteiger partial charge in [-0.2, -0.15) is 0 Å². The molecule has 0 nitrogen and oxygen atoms in total. The van der Waals surface area contributed by atoms with E-state index in [9.17, 15) is 0 Å². The molecule has 2 rings (SSSR count). The van der Waals surface area contributed by atoms with Gasteiger partial charge in [0.05, 0.1) is 0 Å². The van der Waals surface area contributed by atoms with E-state index in [-0.39, 0.29) is 7.92 Å². The summed E-state index contributed by atoms with van der Waals surface area (Å²) in [6, 6.07) is 0. The van der Waals surface area contributed by atoms with Crippen molar-refractivity contribution in [3.63, 3.8) is 0 Å². The fraction of sp³-hybridized carbons (Fsp3) is 1.00. The maximum atomic E-state index is 2.48. The van der Waals surface area contributed by atoms with Crippen LogP contribution in [0.25, 0.3) is 0 Å². The van der Waals surface area contributed by atoms with Gasteiger partial charge in [-0.15, -0.1) is 0 Å². The fourth-order valence-electron chi connectivity index (χ4n) is 4.53. The Morgan fingerprint density at radius 1 is 0.812 bits per heavy atom. The average molecular weight is 240 g/mol. The van der Waals surface area contributed by atoms with Gasteiger partial charge >= 0.3 is 0 Å². The second-order valence-corrected chi connectivity index (χ2v) is 12.0. The summed E-state index contributed by atoms with van der Waals surface area (Å²) in [5.74, 6) is 2.19. The van der Waals surface area contributed by atoms with E-state index < -0.39 is 0 Å². The highest BCUT2D eigenvalue weighted by Crippen LogP contribution is 2.69. The quantitative estimate of drug-likeness (QED) is 0.549. The van der Waals surface area contributed by atoms with Crippen LogP contribution in [-0.4, -0.2) is 16.0 Å². The molecule has 0 spiro atoms. The Labute approximate surface area is 103 Å². The van der Waals surface area contributed by atoms with Crippen molar-refractivity contribution >= 4 is 7.92 Å². The summed E-state index contributed by atoms with van der Waals surface area (Å²) in [6.45, 7) is 14.9. The van der Waals surface area contributed by atoms with Gasteiger partial charge in [-0.3, -0.25) is 0 Å². The Morgan fingerprint density at radius 2 is 1.38 bits per heavy atom. The molecular formula is C15H29P. The smallest absolute Gasteiger partial charge is 0.0169 e. The monoisotopic (exact) mass is 240 g/mol. The first-order valence-corrected chi connectivity index (χ1v) is 8.40. The van der Waals surface area contributed by atoms with Crippen LogP contribution < -0.4 is 0 Å². The minimum absolute atomic E-state index is 0.141. The van der Waals surface area contributed by atoms with E-state index in [4.69, 9.17) is 0 Å². The average Bonchev–Trinajstić information content (AvgIpc) is 2.58. The SMILES string of the molecule is CC(C)(C)P(C1CC2CCC1C2)C(C)(C)C. The van der Waals surface area contributed by atoms with E-state index in [0.717, 1.165) is 17.5 Å². The molecule has 0 aliphatic heterocycles. The van der Waals surface area contributed by atoms with E-state index in [1.54, 1.807) is 25.7 Å². The lowest BCUT2D eigenvalue weighted by atomic mass is 10.0. The summed E-state index contributed by atoms with van der Waals surface area (Å²) in [5, 5.41) is 1.06. The molecular weight excluding hydrogens is 211 g/mol.